The van der Waals surface area contributed by atoms with E-state index in [9.17, 15) is 0 Å². The monoisotopic (exact) mass is 247 g/mol. The molecule has 100 valence electrons. The first-order valence-electron chi connectivity index (χ1n) is 7.09. The minimum absolute atomic E-state index is 0.221. The van der Waals surface area contributed by atoms with E-state index in [4.69, 9.17) is 10.5 Å². The number of aryl methyl sites for hydroxylation is 2. The lowest BCUT2D eigenvalue weighted by Gasteiger charge is -2.22. The smallest absolute Gasteiger partial charge is 0.0730 e. The summed E-state index contributed by atoms with van der Waals surface area (Å²) in [5.41, 5.74) is 10.1. The van der Waals surface area contributed by atoms with Gasteiger partial charge in [0.1, 0.15) is 0 Å². The van der Waals surface area contributed by atoms with Crippen molar-refractivity contribution in [2.45, 2.75) is 64.7 Å². The van der Waals surface area contributed by atoms with Gasteiger partial charge >= 0.3 is 0 Å². The van der Waals surface area contributed by atoms with E-state index in [0.717, 1.165) is 12.8 Å². The molecular formula is C16H25NO. The van der Waals surface area contributed by atoms with Crippen molar-refractivity contribution >= 4 is 0 Å². The zero-order valence-electron chi connectivity index (χ0n) is 11.6. The van der Waals surface area contributed by atoms with Gasteiger partial charge in [0.25, 0.3) is 0 Å². The third kappa shape index (κ3) is 3.82. The summed E-state index contributed by atoms with van der Waals surface area (Å²) in [6.45, 7) is 4.96. The molecule has 1 fully saturated rings. The third-order valence-corrected chi connectivity index (χ3v) is 3.75. The molecular weight excluding hydrogens is 222 g/mol. The predicted octanol–water partition coefficient (Wildman–Crippen LogP) is 3.48. The molecule has 1 saturated carbocycles. The third-order valence-electron chi connectivity index (χ3n) is 3.75. The molecule has 0 spiro atoms. The molecule has 2 nitrogen and oxygen atoms in total. The predicted molar refractivity (Wildman–Crippen MR) is 75.6 cm³/mol. The quantitative estimate of drug-likeness (QED) is 0.830. The molecule has 18 heavy (non-hydrogen) atoms. The van der Waals surface area contributed by atoms with Gasteiger partial charge in [0.05, 0.1) is 12.7 Å². The fraction of sp³-hybridized carbons (Fsp3) is 0.625. The second-order valence-electron chi connectivity index (χ2n) is 5.65. The average Bonchev–Trinajstić information content (AvgIpc) is 2.50. The van der Waals surface area contributed by atoms with Gasteiger partial charge in [0.2, 0.25) is 0 Å². The molecule has 0 aliphatic heterocycles. The van der Waals surface area contributed by atoms with Crippen molar-refractivity contribution in [2.75, 3.05) is 0 Å². The second-order valence-corrected chi connectivity index (χ2v) is 5.65. The highest BCUT2D eigenvalue weighted by molar-refractivity contribution is 5.28. The van der Waals surface area contributed by atoms with E-state index >= 15 is 0 Å². The highest BCUT2D eigenvalue weighted by atomic mass is 16.5. The van der Waals surface area contributed by atoms with Crippen molar-refractivity contribution in [2.24, 2.45) is 5.73 Å². The lowest BCUT2D eigenvalue weighted by Crippen LogP contribution is -2.35. The maximum absolute atomic E-state index is 6.18. The molecule has 2 heteroatoms. The Bertz CT molecular complexity index is 368. The Morgan fingerprint density at radius 3 is 2.44 bits per heavy atom. The summed E-state index contributed by atoms with van der Waals surface area (Å²) in [5, 5.41) is 0. The molecule has 0 amide bonds. The first-order chi connectivity index (χ1) is 8.65. The number of ether oxygens (including phenoxy) is 1. The molecule has 0 aromatic heterocycles. The van der Waals surface area contributed by atoms with Gasteiger partial charge in [-0.05, 0) is 32.3 Å². The molecule has 1 aliphatic carbocycles. The zero-order chi connectivity index (χ0) is 13.0. The highest BCUT2D eigenvalue weighted by Crippen LogP contribution is 2.21. The van der Waals surface area contributed by atoms with Crippen LogP contribution in [0.4, 0.5) is 0 Å². The Labute approximate surface area is 111 Å². The largest absolute Gasteiger partial charge is 0.372 e. The Kier molecular flexibility index (Phi) is 4.79. The van der Waals surface area contributed by atoms with Gasteiger partial charge in [-0.3, -0.25) is 0 Å². The van der Waals surface area contributed by atoms with Gasteiger partial charge in [0, 0.05) is 6.04 Å². The summed E-state index contributed by atoms with van der Waals surface area (Å²) < 4.78 is 6.05. The summed E-state index contributed by atoms with van der Waals surface area (Å²) in [7, 11) is 0. The molecule has 2 unspecified atom stereocenters. The molecule has 2 atom stereocenters. The van der Waals surface area contributed by atoms with Gasteiger partial charge in [0.15, 0.2) is 0 Å². The Morgan fingerprint density at radius 2 is 1.72 bits per heavy atom. The van der Waals surface area contributed by atoms with Crippen LogP contribution in [0.25, 0.3) is 0 Å². The Morgan fingerprint density at radius 1 is 1.06 bits per heavy atom. The van der Waals surface area contributed by atoms with Crippen LogP contribution in [0.2, 0.25) is 0 Å². The fourth-order valence-electron chi connectivity index (χ4n) is 2.86. The number of hydrogen-bond acceptors (Lipinski definition) is 2. The van der Waals surface area contributed by atoms with Crippen LogP contribution in [0.5, 0.6) is 0 Å². The topological polar surface area (TPSA) is 35.2 Å². The molecule has 0 radical (unpaired) electrons. The van der Waals surface area contributed by atoms with Crippen LogP contribution in [0.1, 0.15) is 48.8 Å². The number of hydrogen-bond donors (Lipinski definition) is 1. The van der Waals surface area contributed by atoms with E-state index in [1.165, 1.54) is 36.0 Å². The summed E-state index contributed by atoms with van der Waals surface area (Å²) >= 11 is 0. The number of nitrogens with two attached hydrogens (primary N) is 1. The van der Waals surface area contributed by atoms with Crippen molar-refractivity contribution in [1.29, 1.82) is 0 Å². The number of benzene rings is 1. The summed E-state index contributed by atoms with van der Waals surface area (Å²) in [4.78, 5) is 0. The van der Waals surface area contributed by atoms with Crippen LogP contribution in [0.3, 0.4) is 0 Å². The van der Waals surface area contributed by atoms with Crippen molar-refractivity contribution in [1.82, 2.24) is 0 Å². The number of rotatable bonds is 3. The molecule has 0 bridgehead atoms. The first-order valence-corrected chi connectivity index (χ1v) is 7.09. The van der Waals surface area contributed by atoms with E-state index in [2.05, 4.69) is 32.0 Å². The maximum Gasteiger partial charge on any atom is 0.0730 e. The Balaban J connectivity index is 1.93. The van der Waals surface area contributed by atoms with Crippen molar-refractivity contribution in [3.8, 4) is 0 Å². The van der Waals surface area contributed by atoms with Crippen molar-refractivity contribution in [3.63, 3.8) is 0 Å². The van der Waals surface area contributed by atoms with Gasteiger partial charge in [-0.15, -0.1) is 0 Å². The lowest BCUT2D eigenvalue weighted by atomic mass is 10.1. The van der Waals surface area contributed by atoms with Crippen LogP contribution in [-0.2, 0) is 11.3 Å². The molecule has 0 saturated heterocycles. The summed E-state index contributed by atoms with van der Waals surface area (Å²) in [6, 6.07) is 6.82. The van der Waals surface area contributed by atoms with Crippen LogP contribution >= 0.6 is 0 Å². The molecule has 0 heterocycles. The van der Waals surface area contributed by atoms with Crippen molar-refractivity contribution in [3.05, 3.63) is 34.9 Å². The van der Waals surface area contributed by atoms with Crippen LogP contribution in [0.15, 0.2) is 18.2 Å². The minimum atomic E-state index is 0.221. The Hall–Kier alpha value is -0.860. The summed E-state index contributed by atoms with van der Waals surface area (Å²) in [6.07, 6.45) is 6.28. The minimum Gasteiger partial charge on any atom is -0.372 e. The standard InChI is InChI=1S/C16H25NO/c1-12-8-13(2)10-14(9-12)11-18-16-7-5-3-4-6-15(16)17/h8-10,15-16H,3-7,11,17H2,1-2H3. The van der Waals surface area contributed by atoms with Gasteiger partial charge in [-0.1, -0.05) is 48.6 Å². The van der Waals surface area contributed by atoms with Crippen LogP contribution in [-0.4, -0.2) is 12.1 Å². The van der Waals surface area contributed by atoms with E-state index in [-0.39, 0.29) is 12.1 Å². The van der Waals surface area contributed by atoms with Gasteiger partial charge < -0.3 is 10.5 Å². The lowest BCUT2D eigenvalue weighted by molar-refractivity contribution is 0.0194. The normalized spacial score (nSPS) is 24.8. The summed E-state index contributed by atoms with van der Waals surface area (Å²) in [5.74, 6) is 0. The van der Waals surface area contributed by atoms with E-state index in [1.807, 2.05) is 0 Å². The van der Waals surface area contributed by atoms with Gasteiger partial charge in [-0.25, -0.2) is 0 Å². The molecule has 1 aromatic rings. The maximum atomic E-state index is 6.18. The highest BCUT2D eigenvalue weighted by Gasteiger charge is 2.20. The van der Waals surface area contributed by atoms with Crippen molar-refractivity contribution < 1.29 is 4.74 Å². The van der Waals surface area contributed by atoms with Crippen LogP contribution in [0, 0.1) is 13.8 Å². The first kappa shape index (κ1) is 13.6. The van der Waals surface area contributed by atoms with Gasteiger partial charge in [-0.2, -0.15) is 0 Å². The fourth-order valence-corrected chi connectivity index (χ4v) is 2.86. The van der Waals surface area contributed by atoms with Crippen LogP contribution < -0.4 is 5.73 Å². The molecule has 2 N–H and O–H groups in total. The second kappa shape index (κ2) is 6.35. The molecule has 2 rings (SSSR count). The zero-order valence-corrected chi connectivity index (χ0v) is 11.6. The van der Waals surface area contributed by atoms with E-state index in [1.54, 1.807) is 0 Å². The van der Waals surface area contributed by atoms with E-state index in [0.29, 0.717) is 6.61 Å². The van der Waals surface area contributed by atoms with E-state index < -0.39 is 0 Å². The molecule has 1 aromatic carbocycles. The average molecular weight is 247 g/mol. The SMILES string of the molecule is Cc1cc(C)cc(COC2CCCCCC2N)c1. The molecule has 1 aliphatic rings.